The second-order valence-corrected chi connectivity index (χ2v) is 11.0. The molecule has 0 saturated heterocycles. The van der Waals surface area contributed by atoms with Gasteiger partial charge >= 0.3 is 0 Å². The molecule has 1 aromatic heterocycles. The number of carbonyl (C=O) groups excluding carboxylic acids is 2. The molecule has 10 nitrogen and oxygen atoms in total. The first-order valence-corrected chi connectivity index (χ1v) is 13.7. The van der Waals surface area contributed by atoms with E-state index in [-0.39, 0.29) is 41.4 Å². The van der Waals surface area contributed by atoms with E-state index in [9.17, 15) is 22.4 Å². The summed E-state index contributed by atoms with van der Waals surface area (Å²) in [4.78, 5) is 31.6. The highest BCUT2D eigenvalue weighted by Gasteiger charge is 2.33. The predicted octanol–water partition coefficient (Wildman–Crippen LogP) is 4.26. The Hall–Kier alpha value is -4.06. The Morgan fingerprint density at radius 1 is 1.11 bits per heavy atom. The number of carbonyl (C=O) groups is 2. The molecular formula is C26H30FN5O5S. The minimum Gasteiger partial charge on any atom is -0.455 e. The smallest absolute Gasteiger partial charge is 0.273 e. The average molecular weight is 544 g/mol. The summed E-state index contributed by atoms with van der Waals surface area (Å²) >= 11 is 0. The van der Waals surface area contributed by atoms with Crippen LogP contribution in [0.3, 0.4) is 0 Å². The Bertz CT molecular complexity index is 1500. The van der Waals surface area contributed by atoms with Crippen molar-refractivity contribution in [1.29, 1.82) is 0 Å². The van der Waals surface area contributed by atoms with Gasteiger partial charge in [-0.05, 0) is 75.2 Å². The molecule has 2 heterocycles. The van der Waals surface area contributed by atoms with E-state index in [4.69, 9.17) is 4.74 Å². The summed E-state index contributed by atoms with van der Waals surface area (Å²) in [5.74, 6) is -0.376. The fourth-order valence-electron chi connectivity index (χ4n) is 4.25. The van der Waals surface area contributed by atoms with Crippen LogP contribution in [0.25, 0.3) is 0 Å². The molecule has 0 atom stereocenters. The van der Waals surface area contributed by atoms with Crippen molar-refractivity contribution in [3.63, 3.8) is 0 Å². The standard InChI is InChI=1S/C26H30FN5O5S/c1-6-28-25(33)19-13-21-23(29-19)26(34)31(5)14-32(21)20-12-18(30-38(35,36)7-2)8-9-22(20)37-24-15(3)10-17(27)11-16(24)4/h8-13,29-30H,6-7,14H2,1-5H3,(H,28,33). The molecule has 0 aliphatic carbocycles. The molecule has 2 aromatic carbocycles. The van der Waals surface area contributed by atoms with Crippen LogP contribution in [0.5, 0.6) is 11.5 Å². The highest BCUT2D eigenvalue weighted by Crippen LogP contribution is 2.43. The number of amides is 2. The van der Waals surface area contributed by atoms with Crippen LogP contribution < -0.4 is 19.7 Å². The zero-order valence-corrected chi connectivity index (χ0v) is 22.6. The number of nitrogens with zero attached hydrogens (tertiary/aromatic N) is 2. The lowest BCUT2D eigenvalue weighted by Crippen LogP contribution is -2.42. The largest absolute Gasteiger partial charge is 0.455 e. The number of sulfonamides is 1. The van der Waals surface area contributed by atoms with Crippen LogP contribution in [0.4, 0.5) is 21.5 Å². The number of rotatable bonds is 8. The maximum Gasteiger partial charge on any atom is 0.273 e. The molecule has 0 fully saturated rings. The van der Waals surface area contributed by atoms with Gasteiger partial charge in [-0.2, -0.15) is 0 Å². The number of hydrogen-bond acceptors (Lipinski definition) is 6. The van der Waals surface area contributed by atoms with Crippen LogP contribution >= 0.6 is 0 Å². The summed E-state index contributed by atoms with van der Waals surface area (Å²) in [6, 6.07) is 9.08. The molecular weight excluding hydrogens is 513 g/mol. The Labute approximate surface area is 220 Å². The number of aromatic amines is 1. The maximum absolute atomic E-state index is 13.9. The SMILES string of the molecule is CCNC(=O)c1cc2c([nH]1)C(=O)N(C)CN2c1cc(NS(=O)(=O)CC)ccc1Oc1c(C)cc(F)cc1C. The van der Waals surface area contributed by atoms with Gasteiger partial charge in [0, 0.05) is 13.6 Å². The second-order valence-electron chi connectivity index (χ2n) is 9.03. The van der Waals surface area contributed by atoms with Crippen LogP contribution in [-0.2, 0) is 10.0 Å². The number of H-pyrrole nitrogens is 1. The van der Waals surface area contributed by atoms with Gasteiger partial charge in [0.15, 0.2) is 5.75 Å². The highest BCUT2D eigenvalue weighted by molar-refractivity contribution is 7.92. The average Bonchev–Trinajstić information content (AvgIpc) is 3.30. The number of aromatic nitrogens is 1. The number of nitrogens with one attached hydrogen (secondary N) is 3. The van der Waals surface area contributed by atoms with Crippen LogP contribution in [0.1, 0.15) is 46.0 Å². The molecule has 38 heavy (non-hydrogen) atoms. The molecule has 2 amide bonds. The lowest BCUT2D eigenvalue weighted by Gasteiger charge is -2.35. The Morgan fingerprint density at radius 2 is 1.79 bits per heavy atom. The van der Waals surface area contributed by atoms with Crippen LogP contribution in [-0.4, -0.2) is 56.1 Å². The molecule has 1 aliphatic rings. The van der Waals surface area contributed by atoms with E-state index in [2.05, 4.69) is 15.0 Å². The van der Waals surface area contributed by atoms with Crippen LogP contribution in [0.15, 0.2) is 36.4 Å². The van der Waals surface area contributed by atoms with E-state index in [0.29, 0.717) is 46.2 Å². The minimum absolute atomic E-state index is 0.0975. The third-order valence-corrected chi connectivity index (χ3v) is 7.43. The van der Waals surface area contributed by atoms with Gasteiger partial charge in [0.1, 0.15) is 23.0 Å². The molecule has 202 valence electrons. The number of fused-ring (bicyclic) bond motifs is 1. The maximum atomic E-state index is 13.9. The summed E-state index contributed by atoms with van der Waals surface area (Å²) in [6.45, 7) is 7.28. The van der Waals surface area contributed by atoms with Gasteiger partial charge in [-0.3, -0.25) is 14.3 Å². The van der Waals surface area contributed by atoms with Crippen molar-refractivity contribution >= 4 is 38.9 Å². The fraction of sp³-hybridized carbons (Fsp3) is 0.308. The Kier molecular flexibility index (Phi) is 7.36. The lowest BCUT2D eigenvalue weighted by molar-refractivity contribution is 0.0782. The van der Waals surface area contributed by atoms with Crippen molar-refractivity contribution in [2.45, 2.75) is 27.7 Å². The lowest BCUT2D eigenvalue weighted by atomic mass is 10.1. The molecule has 0 bridgehead atoms. The zero-order valence-electron chi connectivity index (χ0n) is 21.8. The molecule has 4 rings (SSSR count). The number of aryl methyl sites for hydroxylation is 2. The Morgan fingerprint density at radius 3 is 2.42 bits per heavy atom. The van der Waals surface area contributed by atoms with E-state index in [0.717, 1.165) is 0 Å². The quantitative estimate of drug-likeness (QED) is 0.390. The minimum atomic E-state index is -3.58. The monoisotopic (exact) mass is 543 g/mol. The van der Waals surface area contributed by atoms with Crippen molar-refractivity contribution in [3.05, 3.63) is 64.7 Å². The molecule has 1 aliphatic heterocycles. The van der Waals surface area contributed by atoms with E-state index < -0.39 is 10.0 Å². The topological polar surface area (TPSA) is 124 Å². The number of ether oxygens (including phenoxy) is 1. The third kappa shape index (κ3) is 5.30. The summed E-state index contributed by atoms with van der Waals surface area (Å²) in [5, 5.41) is 2.71. The van der Waals surface area contributed by atoms with Gasteiger partial charge in [0.05, 0.1) is 29.5 Å². The van der Waals surface area contributed by atoms with E-state index in [1.807, 2.05) is 0 Å². The first-order chi connectivity index (χ1) is 17.9. The fourth-order valence-corrected chi connectivity index (χ4v) is 4.88. The number of hydrogen-bond donors (Lipinski definition) is 3. The van der Waals surface area contributed by atoms with Gasteiger partial charge < -0.3 is 24.8 Å². The second kappa shape index (κ2) is 10.4. The van der Waals surface area contributed by atoms with Crippen LogP contribution in [0, 0.1) is 19.7 Å². The van der Waals surface area contributed by atoms with Crippen molar-refractivity contribution in [2.75, 3.05) is 35.6 Å². The van der Waals surface area contributed by atoms with Crippen molar-refractivity contribution in [2.24, 2.45) is 0 Å². The number of halogens is 1. The summed E-state index contributed by atoms with van der Waals surface area (Å²) in [7, 11) is -1.96. The van der Waals surface area contributed by atoms with E-state index >= 15 is 0 Å². The van der Waals surface area contributed by atoms with Crippen molar-refractivity contribution in [1.82, 2.24) is 15.2 Å². The van der Waals surface area contributed by atoms with Crippen molar-refractivity contribution in [3.8, 4) is 11.5 Å². The Balaban J connectivity index is 1.88. The first kappa shape index (κ1) is 27.0. The van der Waals surface area contributed by atoms with Gasteiger partial charge in [0.25, 0.3) is 11.8 Å². The molecule has 12 heteroatoms. The highest BCUT2D eigenvalue weighted by atomic mass is 32.2. The molecule has 0 spiro atoms. The van der Waals surface area contributed by atoms with Gasteiger partial charge in [-0.1, -0.05) is 0 Å². The summed E-state index contributed by atoms with van der Waals surface area (Å²) < 4.78 is 47.3. The third-order valence-electron chi connectivity index (χ3n) is 6.12. The molecule has 0 saturated carbocycles. The summed E-state index contributed by atoms with van der Waals surface area (Å²) in [5.41, 5.74) is 2.74. The van der Waals surface area contributed by atoms with Gasteiger partial charge in [-0.15, -0.1) is 0 Å². The van der Waals surface area contributed by atoms with E-state index in [1.54, 1.807) is 57.0 Å². The van der Waals surface area contributed by atoms with Gasteiger partial charge in [0.2, 0.25) is 10.0 Å². The first-order valence-electron chi connectivity index (χ1n) is 12.1. The van der Waals surface area contributed by atoms with Gasteiger partial charge in [-0.25, -0.2) is 12.8 Å². The predicted molar refractivity (Wildman–Crippen MR) is 143 cm³/mol. The number of benzene rings is 2. The number of anilines is 3. The normalized spacial score (nSPS) is 13.4. The van der Waals surface area contributed by atoms with E-state index in [1.165, 1.54) is 24.0 Å². The molecule has 3 aromatic rings. The van der Waals surface area contributed by atoms with Crippen molar-refractivity contribution < 1.29 is 27.1 Å². The molecule has 0 unspecified atom stereocenters. The summed E-state index contributed by atoms with van der Waals surface area (Å²) in [6.07, 6.45) is 0. The van der Waals surface area contributed by atoms with Crippen LogP contribution in [0.2, 0.25) is 0 Å². The molecule has 0 radical (unpaired) electrons. The molecule has 3 N–H and O–H groups in total. The zero-order chi connectivity index (χ0) is 27.8.